The molecule has 0 aliphatic rings. The summed E-state index contributed by atoms with van der Waals surface area (Å²) in [6.07, 6.45) is 0. The van der Waals surface area contributed by atoms with Gasteiger partial charge in [-0.25, -0.2) is 4.39 Å². The maximum absolute atomic E-state index is 13.6. The molecule has 0 amide bonds. The molecule has 4 heteroatoms. The first-order valence-electron chi connectivity index (χ1n) is 5.68. The summed E-state index contributed by atoms with van der Waals surface area (Å²) >= 11 is 0. The highest BCUT2D eigenvalue weighted by Gasteiger charge is 2.10. The van der Waals surface area contributed by atoms with Gasteiger partial charge in [0.05, 0.1) is 0 Å². The van der Waals surface area contributed by atoms with Gasteiger partial charge in [0.25, 0.3) is 0 Å². The fourth-order valence-electron chi connectivity index (χ4n) is 1.58. The quantitative estimate of drug-likeness (QED) is 0.871. The molecule has 0 aliphatic carbocycles. The van der Waals surface area contributed by atoms with Crippen LogP contribution in [0.1, 0.15) is 11.6 Å². The molecule has 1 atom stereocenters. The first kappa shape index (κ1) is 12.5. The predicted octanol–water partition coefficient (Wildman–Crippen LogP) is 2.58. The van der Waals surface area contributed by atoms with E-state index < -0.39 is 5.82 Å². The number of benzene rings is 2. The van der Waals surface area contributed by atoms with Gasteiger partial charge in [0.2, 0.25) is 0 Å². The molecule has 0 spiro atoms. The fourth-order valence-corrected chi connectivity index (χ4v) is 1.58. The summed E-state index contributed by atoms with van der Waals surface area (Å²) in [6.45, 7) is 0.302. The van der Waals surface area contributed by atoms with Gasteiger partial charge >= 0.3 is 0 Å². The average Bonchev–Trinajstić information content (AvgIpc) is 2.41. The molecule has 3 nitrogen and oxygen atoms in total. The Morgan fingerprint density at radius 2 is 1.83 bits per heavy atom. The molecular weight excluding hydrogens is 231 g/mol. The minimum absolute atomic E-state index is 0.155. The van der Waals surface area contributed by atoms with E-state index in [1.165, 1.54) is 6.07 Å². The molecular formula is C14H15FN2O. The van der Waals surface area contributed by atoms with Crippen molar-refractivity contribution in [1.82, 2.24) is 0 Å². The van der Waals surface area contributed by atoms with Crippen LogP contribution in [0.4, 0.5) is 4.39 Å². The van der Waals surface area contributed by atoms with E-state index in [0.29, 0.717) is 12.3 Å². The zero-order valence-corrected chi connectivity index (χ0v) is 9.84. The Morgan fingerprint density at radius 1 is 1.11 bits per heavy atom. The molecule has 2 aromatic rings. The Hall–Kier alpha value is -1.91. The van der Waals surface area contributed by atoms with Crippen LogP contribution >= 0.6 is 0 Å². The topological polar surface area (TPSA) is 61.3 Å². The van der Waals surface area contributed by atoms with E-state index in [-0.39, 0.29) is 11.8 Å². The van der Waals surface area contributed by atoms with Gasteiger partial charge in [0.1, 0.15) is 5.75 Å². The van der Waals surface area contributed by atoms with Crippen molar-refractivity contribution in [2.24, 2.45) is 11.5 Å². The van der Waals surface area contributed by atoms with Gasteiger partial charge in [-0.05, 0) is 29.8 Å². The number of hydrogen-bond donors (Lipinski definition) is 2. The number of ether oxygens (including phenoxy) is 1. The molecule has 0 heterocycles. The van der Waals surface area contributed by atoms with Crippen molar-refractivity contribution < 1.29 is 9.13 Å². The number of nitrogens with two attached hydrogens (primary N) is 2. The van der Waals surface area contributed by atoms with Gasteiger partial charge < -0.3 is 16.2 Å². The molecule has 0 aromatic heterocycles. The molecule has 0 fully saturated rings. The Kier molecular flexibility index (Phi) is 3.92. The summed E-state index contributed by atoms with van der Waals surface area (Å²) in [4.78, 5) is 0. The van der Waals surface area contributed by atoms with Crippen LogP contribution in [0.3, 0.4) is 0 Å². The Bertz CT molecular complexity index is 516. The zero-order valence-electron chi connectivity index (χ0n) is 9.84. The van der Waals surface area contributed by atoms with Gasteiger partial charge in [-0.3, -0.25) is 0 Å². The molecule has 0 saturated heterocycles. The second-order valence-electron chi connectivity index (χ2n) is 3.95. The largest absolute Gasteiger partial charge is 0.454 e. The van der Waals surface area contributed by atoms with Crippen molar-refractivity contribution in [3.8, 4) is 11.5 Å². The smallest absolute Gasteiger partial charge is 0.165 e. The highest BCUT2D eigenvalue weighted by molar-refractivity contribution is 5.36. The van der Waals surface area contributed by atoms with E-state index in [1.807, 2.05) is 18.2 Å². The van der Waals surface area contributed by atoms with Crippen LogP contribution in [0, 0.1) is 5.82 Å². The van der Waals surface area contributed by atoms with Crippen LogP contribution in [0.2, 0.25) is 0 Å². The number of hydrogen-bond acceptors (Lipinski definition) is 3. The molecule has 0 radical (unpaired) electrons. The Morgan fingerprint density at radius 3 is 2.50 bits per heavy atom. The lowest BCUT2D eigenvalue weighted by Gasteiger charge is -2.12. The molecule has 2 aromatic carbocycles. The molecule has 18 heavy (non-hydrogen) atoms. The van der Waals surface area contributed by atoms with E-state index in [2.05, 4.69) is 0 Å². The Balaban J connectivity index is 2.27. The van der Waals surface area contributed by atoms with E-state index in [1.54, 1.807) is 24.3 Å². The zero-order chi connectivity index (χ0) is 13.0. The molecule has 0 bridgehead atoms. The third-order valence-corrected chi connectivity index (χ3v) is 2.61. The van der Waals surface area contributed by atoms with Crippen LogP contribution in [-0.2, 0) is 0 Å². The van der Waals surface area contributed by atoms with Crippen molar-refractivity contribution in [2.45, 2.75) is 6.04 Å². The maximum Gasteiger partial charge on any atom is 0.165 e. The number of para-hydroxylation sites is 1. The van der Waals surface area contributed by atoms with E-state index in [9.17, 15) is 4.39 Å². The highest BCUT2D eigenvalue weighted by atomic mass is 19.1. The Labute approximate surface area is 105 Å². The second-order valence-corrected chi connectivity index (χ2v) is 3.95. The number of halogens is 1. The van der Waals surface area contributed by atoms with Gasteiger partial charge in [0.15, 0.2) is 11.6 Å². The lowest BCUT2D eigenvalue weighted by molar-refractivity contribution is 0.441. The summed E-state index contributed by atoms with van der Waals surface area (Å²) in [5.74, 6) is 0.310. The van der Waals surface area contributed by atoms with Crippen molar-refractivity contribution in [3.63, 3.8) is 0 Å². The van der Waals surface area contributed by atoms with Gasteiger partial charge in [0, 0.05) is 12.6 Å². The first-order chi connectivity index (χ1) is 8.70. The van der Waals surface area contributed by atoms with Gasteiger partial charge in [-0.2, -0.15) is 0 Å². The molecule has 0 aliphatic heterocycles. The molecule has 1 unspecified atom stereocenters. The lowest BCUT2D eigenvalue weighted by atomic mass is 10.1. The third kappa shape index (κ3) is 2.85. The van der Waals surface area contributed by atoms with Crippen molar-refractivity contribution in [3.05, 3.63) is 59.9 Å². The lowest BCUT2D eigenvalue weighted by Crippen LogP contribution is -2.20. The summed E-state index contributed by atoms with van der Waals surface area (Å²) in [6, 6.07) is 13.2. The van der Waals surface area contributed by atoms with Crippen LogP contribution in [-0.4, -0.2) is 6.54 Å². The van der Waals surface area contributed by atoms with E-state index >= 15 is 0 Å². The maximum atomic E-state index is 13.6. The van der Waals surface area contributed by atoms with Crippen LogP contribution < -0.4 is 16.2 Å². The van der Waals surface area contributed by atoms with Crippen molar-refractivity contribution in [2.75, 3.05) is 6.54 Å². The standard InChI is InChI=1S/C14H15FN2O/c15-12-7-6-10(13(17)9-16)8-14(12)18-11-4-2-1-3-5-11/h1-8,13H,9,16-17H2. The minimum atomic E-state index is -0.424. The minimum Gasteiger partial charge on any atom is -0.454 e. The van der Waals surface area contributed by atoms with Gasteiger partial charge in [-0.1, -0.05) is 24.3 Å². The summed E-state index contributed by atoms with van der Waals surface area (Å²) in [7, 11) is 0. The van der Waals surface area contributed by atoms with Crippen LogP contribution in [0.15, 0.2) is 48.5 Å². The molecule has 94 valence electrons. The number of rotatable bonds is 4. The van der Waals surface area contributed by atoms with Crippen LogP contribution in [0.25, 0.3) is 0 Å². The van der Waals surface area contributed by atoms with Gasteiger partial charge in [-0.15, -0.1) is 0 Å². The van der Waals surface area contributed by atoms with E-state index in [0.717, 1.165) is 5.56 Å². The highest BCUT2D eigenvalue weighted by Crippen LogP contribution is 2.26. The molecule has 4 N–H and O–H groups in total. The van der Waals surface area contributed by atoms with Crippen molar-refractivity contribution >= 4 is 0 Å². The normalized spacial score (nSPS) is 12.2. The SMILES string of the molecule is NCC(N)c1ccc(F)c(Oc2ccccc2)c1. The molecule has 0 saturated carbocycles. The first-order valence-corrected chi connectivity index (χ1v) is 5.68. The summed E-state index contributed by atoms with van der Waals surface area (Å²) in [5.41, 5.74) is 12.0. The fraction of sp³-hybridized carbons (Fsp3) is 0.143. The summed E-state index contributed by atoms with van der Waals surface area (Å²) < 4.78 is 19.1. The average molecular weight is 246 g/mol. The molecule has 2 rings (SSSR count). The second kappa shape index (κ2) is 5.62. The monoisotopic (exact) mass is 246 g/mol. The predicted molar refractivity (Wildman–Crippen MR) is 68.9 cm³/mol. The van der Waals surface area contributed by atoms with Crippen LogP contribution in [0.5, 0.6) is 11.5 Å². The van der Waals surface area contributed by atoms with E-state index in [4.69, 9.17) is 16.2 Å². The summed E-state index contributed by atoms with van der Waals surface area (Å²) in [5, 5.41) is 0. The van der Waals surface area contributed by atoms with Crippen molar-refractivity contribution in [1.29, 1.82) is 0 Å². The third-order valence-electron chi connectivity index (χ3n) is 2.61.